The van der Waals surface area contributed by atoms with Crippen LogP contribution in [0.2, 0.25) is 0 Å². The van der Waals surface area contributed by atoms with Crippen LogP contribution < -0.4 is 5.32 Å². The van der Waals surface area contributed by atoms with Crippen LogP contribution in [0, 0.1) is 6.92 Å². The summed E-state index contributed by atoms with van der Waals surface area (Å²) in [7, 11) is 0. The maximum atomic E-state index is 11.7. The maximum absolute atomic E-state index is 11.7. The van der Waals surface area contributed by atoms with Crippen molar-refractivity contribution in [1.82, 2.24) is 20.4 Å². The molecule has 0 aliphatic carbocycles. The Hall–Kier alpha value is -1.43. The molecule has 1 unspecified atom stereocenters. The Kier molecular flexibility index (Phi) is 2.58. The van der Waals surface area contributed by atoms with Crippen molar-refractivity contribution in [2.24, 2.45) is 0 Å². The summed E-state index contributed by atoms with van der Waals surface area (Å²) in [4.78, 5) is 13.9. The molecule has 0 aromatic carbocycles. The quantitative estimate of drug-likeness (QED) is 0.805. The zero-order chi connectivity index (χ0) is 11.8. The molecule has 2 fully saturated rings. The number of nitrogens with zero attached hydrogens (tertiary/aromatic N) is 3. The van der Waals surface area contributed by atoms with Crippen molar-refractivity contribution >= 4 is 5.91 Å². The molecule has 2 aliphatic rings. The third-order valence-corrected chi connectivity index (χ3v) is 3.54. The molecular formula is C11H16N4O2. The molecule has 92 valence electrons. The SMILES string of the molecule is Cc1nnc([C@@H]2CCCN2C2CCNC2=O)o1. The number of aryl methyl sites for hydroxylation is 1. The highest BCUT2D eigenvalue weighted by Crippen LogP contribution is 2.34. The summed E-state index contributed by atoms with van der Waals surface area (Å²) in [5.74, 6) is 1.37. The molecule has 2 saturated heterocycles. The van der Waals surface area contributed by atoms with Crippen molar-refractivity contribution in [2.45, 2.75) is 38.3 Å². The summed E-state index contributed by atoms with van der Waals surface area (Å²) in [6.07, 6.45) is 2.95. The van der Waals surface area contributed by atoms with Crippen molar-refractivity contribution in [1.29, 1.82) is 0 Å². The molecule has 3 heterocycles. The predicted octanol–water partition coefficient (Wildman–Crippen LogP) is 0.403. The van der Waals surface area contributed by atoms with Crippen molar-refractivity contribution in [3.8, 4) is 0 Å². The Morgan fingerprint density at radius 2 is 2.24 bits per heavy atom. The lowest BCUT2D eigenvalue weighted by atomic mass is 10.1. The Labute approximate surface area is 99.4 Å². The van der Waals surface area contributed by atoms with Gasteiger partial charge in [0.2, 0.25) is 17.7 Å². The lowest BCUT2D eigenvalue weighted by molar-refractivity contribution is -0.124. The molecule has 6 heteroatoms. The van der Waals surface area contributed by atoms with Gasteiger partial charge in [-0.2, -0.15) is 0 Å². The van der Waals surface area contributed by atoms with E-state index in [9.17, 15) is 4.79 Å². The lowest BCUT2D eigenvalue weighted by Crippen LogP contribution is -2.40. The third kappa shape index (κ3) is 1.82. The summed E-state index contributed by atoms with van der Waals surface area (Å²) in [6.45, 7) is 3.50. The van der Waals surface area contributed by atoms with Gasteiger partial charge in [0.1, 0.15) is 0 Å². The first kappa shape index (κ1) is 10.7. The fourth-order valence-corrected chi connectivity index (χ4v) is 2.77. The number of likely N-dealkylation sites (tertiary alicyclic amines) is 1. The van der Waals surface area contributed by atoms with E-state index in [0.29, 0.717) is 11.8 Å². The number of nitrogens with one attached hydrogen (secondary N) is 1. The molecule has 0 saturated carbocycles. The zero-order valence-electron chi connectivity index (χ0n) is 9.85. The number of hydrogen-bond donors (Lipinski definition) is 1. The predicted molar refractivity (Wildman–Crippen MR) is 59.1 cm³/mol. The van der Waals surface area contributed by atoms with E-state index >= 15 is 0 Å². The standard InChI is InChI=1S/C11H16N4O2/c1-7-13-14-11(17-7)9-3-2-6-15(9)8-4-5-12-10(8)16/h8-9H,2-6H2,1H3,(H,12,16)/t8?,9-/m0/s1. The van der Waals surface area contributed by atoms with Gasteiger partial charge in [-0.1, -0.05) is 0 Å². The second-order valence-corrected chi connectivity index (χ2v) is 4.65. The molecule has 17 heavy (non-hydrogen) atoms. The number of hydrogen-bond acceptors (Lipinski definition) is 5. The van der Waals surface area contributed by atoms with Gasteiger partial charge in [0.15, 0.2) is 0 Å². The summed E-state index contributed by atoms with van der Waals surface area (Å²) in [6, 6.07) is 0.0970. The Morgan fingerprint density at radius 3 is 2.88 bits per heavy atom. The highest BCUT2D eigenvalue weighted by atomic mass is 16.4. The Bertz CT molecular complexity index is 431. The van der Waals surface area contributed by atoms with Gasteiger partial charge in [-0.25, -0.2) is 0 Å². The molecule has 1 aromatic rings. The average Bonchev–Trinajstić information content (AvgIpc) is 2.97. The van der Waals surface area contributed by atoms with Gasteiger partial charge in [-0.05, 0) is 25.8 Å². The van der Waals surface area contributed by atoms with Gasteiger partial charge < -0.3 is 9.73 Å². The van der Waals surface area contributed by atoms with Crippen LogP contribution in [0.4, 0.5) is 0 Å². The first-order valence-electron chi connectivity index (χ1n) is 6.09. The maximum Gasteiger partial charge on any atom is 0.237 e. The molecule has 2 aliphatic heterocycles. The fraction of sp³-hybridized carbons (Fsp3) is 0.727. The minimum Gasteiger partial charge on any atom is -0.424 e. The van der Waals surface area contributed by atoms with E-state index in [-0.39, 0.29) is 18.0 Å². The van der Waals surface area contributed by atoms with E-state index < -0.39 is 0 Å². The van der Waals surface area contributed by atoms with E-state index in [2.05, 4.69) is 20.4 Å². The largest absolute Gasteiger partial charge is 0.424 e. The van der Waals surface area contributed by atoms with E-state index in [1.54, 1.807) is 6.92 Å². The second kappa shape index (κ2) is 4.10. The van der Waals surface area contributed by atoms with Gasteiger partial charge in [-0.3, -0.25) is 9.69 Å². The van der Waals surface area contributed by atoms with E-state index in [4.69, 9.17) is 4.42 Å². The van der Waals surface area contributed by atoms with Crippen molar-refractivity contribution in [2.75, 3.05) is 13.1 Å². The molecule has 0 bridgehead atoms. The van der Waals surface area contributed by atoms with E-state index in [0.717, 1.165) is 32.4 Å². The molecule has 6 nitrogen and oxygen atoms in total. The van der Waals surface area contributed by atoms with Crippen LogP contribution >= 0.6 is 0 Å². The minimum atomic E-state index is -0.0188. The summed E-state index contributed by atoms with van der Waals surface area (Å²) < 4.78 is 5.50. The summed E-state index contributed by atoms with van der Waals surface area (Å²) >= 11 is 0. The van der Waals surface area contributed by atoms with E-state index in [1.807, 2.05) is 0 Å². The van der Waals surface area contributed by atoms with E-state index in [1.165, 1.54) is 0 Å². The van der Waals surface area contributed by atoms with Crippen LogP contribution in [0.3, 0.4) is 0 Å². The molecule has 2 atom stereocenters. The van der Waals surface area contributed by atoms with Gasteiger partial charge in [0, 0.05) is 13.5 Å². The first-order valence-corrected chi connectivity index (χ1v) is 6.09. The Morgan fingerprint density at radius 1 is 1.35 bits per heavy atom. The molecule has 1 aromatic heterocycles. The van der Waals surface area contributed by atoms with Crippen LogP contribution in [-0.2, 0) is 4.79 Å². The molecule has 0 spiro atoms. The highest BCUT2D eigenvalue weighted by Gasteiger charge is 2.39. The zero-order valence-corrected chi connectivity index (χ0v) is 9.85. The van der Waals surface area contributed by atoms with Crippen molar-refractivity contribution < 1.29 is 9.21 Å². The summed E-state index contributed by atoms with van der Waals surface area (Å²) in [5.41, 5.74) is 0. The van der Waals surface area contributed by atoms with Gasteiger partial charge >= 0.3 is 0 Å². The van der Waals surface area contributed by atoms with Crippen LogP contribution in [0.25, 0.3) is 0 Å². The number of rotatable bonds is 2. The number of amides is 1. The average molecular weight is 236 g/mol. The van der Waals surface area contributed by atoms with Crippen molar-refractivity contribution in [3.63, 3.8) is 0 Å². The topological polar surface area (TPSA) is 71.3 Å². The summed E-state index contributed by atoms with van der Waals surface area (Å²) in [5, 5.41) is 10.8. The molecule has 1 amide bonds. The normalized spacial score (nSPS) is 29.8. The second-order valence-electron chi connectivity index (χ2n) is 4.65. The van der Waals surface area contributed by atoms with Crippen LogP contribution in [-0.4, -0.2) is 40.1 Å². The van der Waals surface area contributed by atoms with Crippen LogP contribution in [0.5, 0.6) is 0 Å². The lowest BCUT2D eigenvalue weighted by Gasteiger charge is -2.26. The highest BCUT2D eigenvalue weighted by molar-refractivity contribution is 5.83. The third-order valence-electron chi connectivity index (χ3n) is 3.54. The van der Waals surface area contributed by atoms with Crippen molar-refractivity contribution in [3.05, 3.63) is 11.8 Å². The number of carbonyl (C=O) groups excluding carboxylic acids is 1. The number of aromatic nitrogens is 2. The van der Waals surface area contributed by atoms with Gasteiger partial charge in [-0.15, -0.1) is 10.2 Å². The van der Waals surface area contributed by atoms with Crippen LogP contribution in [0.1, 0.15) is 37.1 Å². The molecule has 3 rings (SSSR count). The molecule has 1 N–H and O–H groups in total. The van der Waals surface area contributed by atoms with Gasteiger partial charge in [0.05, 0.1) is 12.1 Å². The fourth-order valence-electron chi connectivity index (χ4n) is 2.77. The monoisotopic (exact) mass is 236 g/mol. The smallest absolute Gasteiger partial charge is 0.237 e. The Balaban J connectivity index is 1.82. The van der Waals surface area contributed by atoms with Crippen LogP contribution in [0.15, 0.2) is 4.42 Å². The van der Waals surface area contributed by atoms with Gasteiger partial charge in [0.25, 0.3) is 0 Å². The first-order chi connectivity index (χ1) is 8.25. The molecule has 0 radical (unpaired) electrons. The minimum absolute atomic E-state index is 0.0188. The number of carbonyl (C=O) groups is 1. The molecular weight excluding hydrogens is 220 g/mol.